The number of amides is 2. The van der Waals surface area contributed by atoms with Crippen LogP contribution in [0.15, 0.2) is 11.1 Å². The van der Waals surface area contributed by atoms with Crippen LogP contribution in [0.25, 0.3) is 10.2 Å². The topological polar surface area (TPSA) is 102 Å². The molecular weight excluding hydrogens is 356 g/mol. The molecule has 2 aromatic rings. The van der Waals surface area contributed by atoms with Gasteiger partial charge in [-0.3, -0.25) is 19.0 Å². The Balaban J connectivity index is 1.65. The third-order valence-electron chi connectivity index (χ3n) is 4.33. The van der Waals surface area contributed by atoms with Crippen molar-refractivity contribution in [3.8, 4) is 0 Å². The molecule has 1 aliphatic carbocycles. The SMILES string of the molecule is COCCNC(=O)CNC(=O)Cn1cnc2sc3c(c2c1=O)CCCC3. The second-order valence-electron chi connectivity index (χ2n) is 6.19. The lowest BCUT2D eigenvalue weighted by atomic mass is 9.97. The Bertz CT molecular complexity index is 874. The number of fused-ring (bicyclic) bond motifs is 3. The van der Waals surface area contributed by atoms with Crippen molar-refractivity contribution in [2.45, 2.75) is 32.2 Å². The van der Waals surface area contributed by atoms with Crippen LogP contribution >= 0.6 is 11.3 Å². The fourth-order valence-corrected chi connectivity index (χ4v) is 4.26. The molecule has 0 saturated heterocycles. The van der Waals surface area contributed by atoms with Crippen LogP contribution in [0.1, 0.15) is 23.3 Å². The van der Waals surface area contributed by atoms with E-state index in [2.05, 4.69) is 15.6 Å². The molecule has 26 heavy (non-hydrogen) atoms. The van der Waals surface area contributed by atoms with Gasteiger partial charge in [-0.2, -0.15) is 0 Å². The third kappa shape index (κ3) is 4.10. The van der Waals surface area contributed by atoms with Crippen molar-refractivity contribution < 1.29 is 14.3 Å². The van der Waals surface area contributed by atoms with Crippen LogP contribution in [0.2, 0.25) is 0 Å². The lowest BCUT2D eigenvalue weighted by Crippen LogP contribution is -2.40. The first kappa shape index (κ1) is 18.5. The van der Waals surface area contributed by atoms with Crippen molar-refractivity contribution in [2.24, 2.45) is 0 Å². The van der Waals surface area contributed by atoms with E-state index >= 15 is 0 Å². The Labute approximate surface area is 154 Å². The van der Waals surface area contributed by atoms with Crippen LogP contribution in [0.4, 0.5) is 0 Å². The van der Waals surface area contributed by atoms with E-state index in [-0.39, 0.29) is 24.6 Å². The molecule has 0 atom stereocenters. The summed E-state index contributed by atoms with van der Waals surface area (Å²) in [4.78, 5) is 42.8. The summed E-state index contributed by atoms with van der Waals surface area (Å²) >= 11 is 1.58. The highest BCUT2D eigenvalue weighted by molar-refractivity contribution is 7.18. The van der Waals surface area contributed by atoms with Gasteiger partial charge in [0, 0.05) is 18.5 Å². The molecule has 0 fully saturated rings. The Morgan fingerprint density at radius 3 is 2.88 bits per heavy atom. The molecule has 2 N–H and O–H groups in total. The lowest BCUT2D eigenvalue weighted by Gasteiger charge is -2.10. The standard InChI is InChI=1S/C17H22N4O4S/c1-25-7-6-18-13(22)8-19-14(23)9-21-10-20-16-15(17(21)24)11-4-2-3-5-12(11)26-16/h10H,2-9H2,1H3,(H,18,22)(H,19,23). The van der Waals surface area contributed by atoms with Crippen molar-refractivity contribution in [3.05, 3.63) is 27.1 Å². The van der Waals surface area contributed by atoms with Crippen molar-refractivity contribution in [1.29, 1.82) is 0 Å². The fourth-order valence-electron chi connectivity index (χ4n) is 3.04. The van der Waals surface area contributed by atoms with E-state index in [4.69, 9.17) is 4.74 Å². The predicted molar refractivity (Wildman–Crippen MR) is 98.4 cm³/mol. The minimum atomic E-state index is -0.403. The van der Waals surface area contributed by atoms with Crippen LogP contribution in [0, 0.1) is 0 Å². The molecule has 0 aromatic carbocycles. The van der Waals surface area contributed by atoms with Crippen LogP contribution in [0.5, 0.6) is 0 Å². The molecule has 9 heteroatoms. The van der Waals surface area contributed by atoms with Gasteiger partial charge < -0.3 is 15.4 Å². The van der Waals surface area contributed by atoms with E-state index in [1.807, 2.05) is 0 Å². The lowest BCUT2D eigenvalue weighted by molar-refractivity contribution is -0.126. The van der Waals surface area contributed by atoms with Crippen molar-refractivity contribution >= 4 is 33.4 Å². The number of rotatable bonds is 7. The summed E-state index contributed by atoms with van der Waals surface area (Å²) in [6.45, 7) is 0.499. The van der Waals surface area contributed by atoms with E-state index < -0.39 is 5.91 Å². The molecule has 0 bridgehead atoms. The summed E-state index contributed by atoms with van der Waals surface area (Å²) in [6.07, 6.45) is 5.51. The third-order valence-corrected chi connectivity index (χ3v) is 5.53. The summed E-state index contributed by atoms with van der Waals surface area (Å²) in [7, 11) is 1.54. The van der Waals surface area contributed by atoms with Gasteiger partial charge in [0.15, 0.2) is 0 Å². The summed E-state index contributed by atoms with van der Waals surface area (Å²) in [5.41, 5.74) is 0.912. The van der Waals surface area contributed by atoms with Gasteiger partial charge in [0.2, 0.25) is 11.8 Å². The van der Waals surface area contributed by atoms with Gasteiger partial charge in [-0.05, 0) is 31.2 Å². The van der Waals surface area contributed by atoms with Gasteiger partial charge in [0.25, 0.3) is 5.56 Å². The van der Waals surface area contributed by atoms with Crippen molar-refractivity contribution in [1.82, 2.24) is 20.2 Å². The number of carbonyl (C=O) groups is 2. The molecule has 0 saturated carbocycles. The number of thiophene rings is 1. The first-order valence-electron chi connectivity index (χ1n) is 8.62. The molecule has 140 valence electrons. The van der Waals surface area contributed by atoms with Crippen LogP contribution in [-0.4, -0.2) is 48.2 Å². The molecule has 0 aliphatic heterocycles. The minimum absolute atomic E-state index is 0.138. The van der Waals surface area contributed by atoms with Gasteiger partial charge in [-0.15, -0.1) is 11.3 Å². The first-order chi connectivity index (χ1) is 12.6. The normalized spacial score (nSPS) is 13.4. The molecule has 3 rings (SSSR count). The van der Waals surface area contributed by atoms with Crippen LogP contribution < -0.4 is 16.2 Å². The molecule has 2 heterocycles. The zero-order valence-corrected chi connectivity index (χ0v) is 15.5. The zero-order chi connectivity index (χ0) is 18.5. The van der Waals surface area contributed by atoms with Gasteiger partial charge in [-0.1, -0.05) is 0 Å². The molecule has 0 unspecified atom stereocenters. The maximum Gasteiger partial charge on any atom is 0.262 e. The first-order valence-corrected chi connectivity index (χ1v) is 9.44. The van der Waals surface area contributed by atoms with Crippen LogP contribution in [-0.2, 0) is 33.7 Å². The Morgan fingerprint density at radius 2 is 2.08 bits per heavy atom. The number of aromatic nitrogens is 2. The van der Waals surface area contributed by atoms with Gasteiger partial charge in [0.1, 0.15) is 11.4 Å². The van der Waals surface area contributed by atoms with E-state index in [0.29, 0.717) is 18.5 Å². The predicted octanol–water partition coefficient (Wildman–Crippen LogP) is 0.216. The second kappa shape index (κ2) is 8.41. The fraction of sp³-hybridized carbons (Fsp3) is 0.529. The van der Waals surface area contributed by atoms with Crippen molar-refractivity contribution in [2.75, 3.05) is 26.8 Å². The average molecular weight is 378 g/mol. The highest BCUT2D eigenvalue weighted by Gasteiger charge is 2.20. The number of methoxy groups -OCH3 is 1. The summed E-state index contributed by atoms with van der Waals surface area (Å²) < 4.78 is 6.14. The second-order valence-corrected chi connectivity index (χ2v) is 7.27. The highest BCUT2D eigenvalue weighted by Crippen LogP contribution is 2.33. The number of nitrogens with zero attached hydrogens (tertiary/aromatic N) is 2. The number of nitrogens with one attached hydrogen (secondary N) is 2. The summed E-state index contributed by atoms with van der Waals surface area (Å²) in [5.74, 6) is -0.706. The number of hydrogen-bond donors (Lipinski definition) is 2. The number of hydrogen-bond acceptors (Lipinski definition) is 6. The van der Waals surface area contributed by atoms with Gasteiger partial charge >= 0.3 is 0 Å². The van der Waals surface area contributed by atoms with Crippen molar-refractivity contribution in [3.63, 3.8) is 0 Å². The molecule has 2 amide bonds. The molecule has 1 aliphatic rings. The average Bonchev–Trinajstić information content (AvgIpc) is 3.02. The molecule has 2 aromatic heterocycles. The van der Waals surface area contributed by atoms with Gasteiger partial charge in [0.05, 0.1) is 24.9 Å². The summed E-state index contributed by atoms with van der Waals surface area (Å²) in [6, 6.07) is 0. The molecule has 0 spiro atoms. The monoisotopic (exact) mass is 378 g/mol. The maximum atomic E-state index is 12.8. The van der Waals surface area contributed by atoms with E-state index in [1.54, 1.807) is 18.4 Å². The maximum absolute atomic E-state index is 12.8. The number of aryl methyl sites for hydroxylation is 2. The van der Waals surface area contributed by atoms with Crippen LogP contribution in [0.3, 0.4) is 0 Å². The molecule has 0 radical (unpaired) electrons. The minimum Gasteiger partial charge on any atom is -0.383 e. The smallest absolute Gasteiger partial charge is 0.262 e. The Kier molecular flexibility index (Phi) is 6.00. The quantitative estimate of drug-likeness (QED) is 0.671. The highest BCUT2D eigenvalue weighted by atomic mass is 32.1. The largest absolute Gasteiger partial charge is 0.383 e. The van der Waals surface area contributed by atoms with E-state index in [9.17, 15) is 14.4 Å². The van der Waals surface area contributed by atoms with E-state index in [1.165, 1.54) is 15.8 Å². The number of ether oxygens (including phenoxy) is 1. The Morgan fingerprint density at radius 1 is 1.27 bits per heavy atom. The zero-order valence-electron chi connectivity index (χ0n) is 14.7. The Hall–Kier alpha value is -2.26. The molecular formula is C17H22N4O4S. The molecule has 8 nitrogen and oxygen atoms in total. The van der Waals surface area contributed by atoms with Gasteiger partial charge in [-0.25, -0.2) is 4.98 Å². The summed E-state index contributed by atoms with van der Waals surface area (Å²) in [5, 5.41) is 5.77. The van der Waals surface area contributed by atoms with E-state index in [0.717, 1.165) is 36.1 Å². The number of carbonyl (C=O) groups excluding carboxylic acids is 2.